The van der Waals surface area contributed by atoms with E-state index in [9.17, 15) is 0 Å². The lowest BCUT2D eigenvalue weighted by Gasteiger charge is -2.04. The molecule has 0 heterocycles. The Kier molecular flexibility index (Phi) is 2.85. The maximum Gasteiger partial charge on any atom is 0.0426 e. The van der Waals surface area contributed by atoms with Crippen LogP contribution in [-0.2, 0) is 0 Å². The summed E-state index contributed by atoms with van der Waals surface area (Å²) in [6, 6.07) is 13.0. The molecule has 2 aromatic rings. The summed E-state index contributed by atoms with van der Waals surface area (Å²) in [6.45, 7) is 0. The quantitative estimate of drug-likeness (QED) is 0.738. The van der Waals surface area contributed by atoms with Gasteiger partial charge in [0.1, 0.15) is 0 Å². The molecular formula is C12H9Cl2N. The third-order valence-corrected chi connectivity index (χ3v) is 2.52. The first-order valence-corrected chi connectivity index (χ1v) is 5.23. The average Bonchev–Trinajstić information content (AvgIpc) is 2.16. The fourth-order valence-corrected chi connectivity index (χ4v) is 1.96. The van der Waals surface area contributed by atoms with Gasteiger partial charge in [-0.15, -0.1) is 0 Å². The Hall–Kier alpha value is -1.18. The number of benzene rings is 2. The minimum atomic E-state index is 0.625. The maximum atomic E-state index is 5.92. The molecular weight excluding hydrogens is 229 g/mol. The van der Waals surface area contributed by atoms with Crippen molar-refractivity contribution in [1.82, 2.24) is 0 Å². The fourth-order valence-electron chi connectivity index (χ4n) is 1.44. The first-order valence-electron chi connectivity index (χ1n) is 4.47. The molecule has 0 aliphatic heterocycles. The van der Waals surface area contributed by atoms with E-state index in [2.05, 4.69) is 0 Å². The van der Waals surface area contributed by atoms with E-state index in [4.69, 9.17) is 28.9 Å². The van der Waals surface area contributed by atoms with Crippen LogP contribution in [0.15, 0.2) is 42.5 Å². The van der Waals surface area contributed by atoms with E-state index >= 15 is 0 Å². The fraction of sp³-hybridized carbons (Fsp3) is 0. The Morgan fingerprint density at radius 3 is 2.07 bits per heavy atom. The second-order valence-electron chi connectivity index (χ2n) is 3.28. The molecule has 0 aliphatic carbocycles. The third kappa shape index (κ3) is 2.44. The minimum absolute atomic E-state index is 0.625. The highest BCUT2D eigenvalue weighted by Gasteiger charge is 2.01. The van der Waals surface area contributed by atoms with Gasteiger partial charge < -0.3 is 5.73 Å². The molecule has 1 nitrogen and oxygen atoms in total. The maximum absolute atomic E-state index is 5.92. The number of nitrogens with two attached hydrogens (primary N) is 1. The molecule has 0 saturated carbocycles. The van der Waals surface area contributed by atoms with Gasteiger partial charge >= 0.3 is 0 Å². The second kappa shape index (κ2) is 4.13. The van der Waals surface area contributed by atoms with Crippen LogP contribution in [0.4, 0.5) is 5.69 Å². The molecule has 0 aromatic heterocycles. The SMILES string of the molecule is Nc1cccc(-c2cc(Cl)cc(Cl)c2)c1. The van der Waals surface area contributed by atoms with Crippen LogP contribution >= 0.6 is 23.2 Å². The summed E-state index contributed by atoms with van der Waals surface area (Å²) in [6.07, 6.45) is 0. The lowest BCUT2D eigenvalue weighted by atomic mass is 10.1. The van der Waals surface area contributed by atoms with Gasteiger partial charge in [0.05, 0.1) is 0 Å². The molecule has 0 spiro atoms. The van der Waals surface area contributed by atoms with Crippen LogP contribution < -0.4 is 5.73 Å². The number of hydrogen-bond acceptors (Lipinski definition) is 1. The Morgan fingerprint density at radius 1 is 0.800 bits per heavy atom. The number of nitrogen functional groups attached to an aromatic ring is 1. The lowest BCUT2D eigenvalue weighted by molar-refractivity contribution is 1.61. The minimum Gasteiger partial charge on any atom is -0.399 e. The molecule has 0 fully saturated rings. The van der Waals surface area contributed by atoms with Crippen LogP contribution in [0.5, 0.6) is 0 Å². The zero-order valence-corrected chi connectivity index (χ0v) is 9.39. The van der Waals surface area contributed by atoms with E-state index in [1.54, 1.807) is 6.07 Å². The van der Waals surface area contributed by atoms with Crippen molar-refractivity contribution in [3.63, 3.8) is 0 Å². The van der Waals surface area contributed by atoms with Crippen molar-refractivity contribution >= 4 is 28.9 Å². The Morgan fingerprint density at radius 2 is 1.47 bits per heavy atom. The van der Waals surface area contributed by atoms with Crippen LogP contribution in [0.3, 0.4) is 0 Å². The summed E-state index contributed by atoms with van der Waals surface area (Å²) < 4.78 is 0. The number of anilines is 1. The topological polar surface area (TPSA) is 26.0 Å². The van der Waals surface area contributed by atoms with Crippen molar-refractivity contribution in [1.29, 1.82) is 0 Å². The van der Waals surface area contributed by atoms with Gasteiger partial charge in [0, 0.05) is 15.7 Å². The molecule has 0 saturated heterocycles. The summed E-state index contributed by atoms with van der Waals surface area (Å²) in [4.78, 5) is 0. The summed E-state index contributed by atoms with van der Waals surface area (Å²) in [5.41, 5.74) is 8.42. The van der Waals surface area contributed by atoms with E-state index in [0.29, 0.717) is 10.0 Å². The number of hydrogen-bond donors (Lipinski definition) is 1. The van der Waals surface area contributed by atoms with Crippen LogP contribution in [0.2, 0.25) is 10.0 Å². The standard InChI is InChI=1S/C12H9Cl2N/c13-10-4-9(5-11(14)7-10)8-2-1-3-12(15)6-8/h1-7H,15H2. The van der Waals surface area contributed by atoms with Gasteiger partial charge in [-0.25, -0.2) is 0 Å². The van der Waals surface area contributed by atoms with E-state index in [0.717, 1.165) is 16.8 Å². The molecule has 0 unspecified atom stereocenters. The highest BCUT2D eigenvalue weighted by molar-refractivity contribution is 6.35. The third-order valence-electron chi connectivity index (χ3n) is 2.08. The van der Waals surface area contributed by atoms with Gasteiger partial charge in [-0.05, 0) is 41.5 Å². The first kappa shape index (κ1) is 10.3. The molecule has 0 atom stereocenters. The first-order chi connectivity index (χ1) is 7.15. The second-order valence-corrected chi connectivity index (χ2v) is 4.16. The van der Waals surface area contributed by atoms with Crippen LogP contribution in [0, 0.1) is 0 Å². The smallest absolute Gasteiger partial charge is 0.0426 e. The Balaban J connectivity index is 2.54. The molecule has 0 aliphatic rings. The van der Waals surface area contributed by atoms with E-state index < -0.39 is 0 Å². The highest BCUT2D eigenvalue weighted by Crippen LogP contribution is 2.27. The van der Waals surface area contributed by atoms with Crippen LogP contribution in [-0.4, -0.2) is 0 Å². The summed E-state index contributed by atoms with van der Waals surface area (Å²) in [5.74, 6) is 0. The zero-order valence-electron chi connectivity index (χ0n) is 7.87. The van der Waals surface area contributed by atoms with Crippen LogP contribution in [0.1, 0.15) is 0 Å². The predicted octanol–water partition coefficient (Wildman–Crippen LogP) is 4.24. The van der Waals surface area contributed by atoms with Gasteiger partial charge in [0.2, 0.25) is 0 Å². The summed E-state index contributed by atoms with van der Waals surface area (Å²) >= 11 is 11.8. The molecule has 2 N–H and O–H groups in total. The number of halogens is 2. The summed E-state index contributed by atoms with van der Waals surface area (Å²) in [7, 11) is 0. The van der Waals surface area contributed by atoms with E-state index in [1.165, 1.54) is 0 Å². The number of rotatable bonds is 1. The molecule has 76 valence electrons. The largest absolute Gasteiger partial charge is 0.399 e. The van der Waals surface area contributed by atoms with Crippen molar-refractivity contribution in [2.75, 3.05) is 5.73 Å². The molecule has 0 radical (unpaired) electrons. The molecule has 0 bridgehead atoms. The molecule has 3 heteroatoms. The van der Waals surface area contributed by atoms with Crippen LogP contribution in [0.25, 0.3) is 11.1 Å². The molecule has 15 heavy (non-hydrogen) atoms. The molecule has 0 amide bonds. The molecule has 2 aromatic carbocycles. The highest BCUT2D eigenvalue weighted by atomic mass is 35.5. The normalized spacial score (nSPS) is 10.3. The van der Waals surface area contributed by atoms with E-state index in [1.807, 2.05) is 36.4 Å². The van der Waals surface area contributed by atoms with Crippen molar-refractivity contribution in [3.05, 3.63) is 52.5 Å². The Bertz CT molecular complexity index is 474. The summed E-state index contributed by atoms with van der Waals surface area (Å²) in [5, 5.41) is 1.25. The van der Waals surface area contributed by atoms with Gasteiger partial charge in [-0.2, -0.15) is 0 Å². The van der Waals surface area contributed by atoms with Gasteiger partial charge in [-0.1, -0.05) is 35.3 Å². The van der Waals surface area contributed by atoms with Gasteiger partial charge in [-0.3, -0.25) is 0 Å². The van der Waals surface area contributed by atoms with Crippen molar-refractivity contribution < 1.29 is 0 Å². The van der Waals surface area contributed by atoms with Crippen molar-refractivity contribution in [2.24, 2.45) is 0 Å². The van der Waals surface area contributed by atoms with Gasteiger partial charge in [0.25, 0.3) is 0 Å². The monoisotopic (exact) mass is 237 g/mol. The Labute approximate surface area is 98.4 Å². The van der Waals surface area contributed by atoms with Crippen molar-refractivity contribution in [3.8, 4) is 11.1 Å². The molecule has 2 rings (SSSR count). The lowest BCUT2D eigenvalue weighted by Crippen LogP contribution is -1.85. The van der Waals surface area contributed by atoms with E-state index in [-0.39, 0.29) is 0 Å². The zero-order chi connectivity index (χ0) is 10.8. The van der Waals surface area contributed by atoms with Crippen molar-refractivity contribution in [2.45, 2.75) is 0 Å². The van der Waals surface area contributed by atoms with Gasteiger partial charge in [0.15, 0.2) is 0 Å². The average molecular weight is 238 g/mol. The predicted molar refractivity (Wildman–Crippen MR) is 66.3 cm³/mol.